The van der Waals surface area contributed by atoms with Gasteiger partial charge in [0.1, 0.15) is 0 Å². The Labute approximate surface area is 70.6 Å². The van der Waals surface area contributed by atoms with Crippen molar-refractivity contribution in [2.24, 2.45) is 0 Å². The minimum Gasteiger partial charge on any atom is -0.322 e. The molecule has 3 heteroatoms. The largest absolute Gasteiger partial charge is 0.322 e. The second-order valence-corrected chi connectivity index (χ2v) is 6.92. The highest BCUT2D eigenvalue weighted by molar-refractivity contribution is 6.72. The van der Waals surface area contributed by atoms with Gasteiger partial charge in [-0.25, -0.2) is 0 Å². The summed E-state index contributed by atoms with van der Waals surface area (Å²) >= 11 is 0. The predicted molar refractivity (Wildman–Crippen MR) is 53.9 cm³/mol. The molecule has 0 aromatic rings. The molecule has 0 amide bonds. The van der Waals surface area contributed by atoms with Crippen LogP contribution in [-0.2, 0) is 0 Å². The summed E-state index contributed by atoms with van der Waals surface area (Å²) in [6.45, 7) is 13.5. The molecule has 2 N–H and O–H groups in total. The summed E-state index contributed by atoms with van der Waals surface area (Å²) in [6.07, 6.45) is 3.76. The van der Waals surface area contributed by atoms with Crippen LogP contribution in [-0.4, -0.2) is 21.5 Å². The van der Waals surface area contributed by atoms with Crippen LogP contribution in [0.15, 0.2) is 25.3 Å². The molecule has 0 aliphatic carbocycles. The van der Waals surface area contributed by atoms with Crippen LogP contribution < -0.4 is 9.96 Å². The van der Waals surface area contributed by atoms with Crippen LogP contribution in [0.1, 0.15) is 0 Å². The number of hydrogen-bond acceptors (Lipinski definition) is 2. The highest BCUT2D eigenvalue weighted by Crippen LogP contribution is 1.89. The fraction of sp³-hybridized carbons (Fsp3) is 0.500. The maximum absolute atomic E-state index is 3.66. The first-order valence-electron chi connectivity index (χ1n) is 3.84. The van der Waals surface area contributed by atoms with Crippen LogP contribution in [0, 0.1) is 0 Å². The molecule has 0 atom stereocenters. The van der Waals surface area contributed by atoms with Gasteiger partial charge in [-0.2, -0.15) is 0 Å². The van der Waals surface area contributed by atoms with Crippen LogP contribution >= 0.6 is 0 Å². The lowest BCUT2D eigenvalue weighted by Crippen LogP contribution is -2.57. The summed E-state index contributed by atoms with van der Waals surface area (Å²) in [5.74, 6) is 0. The van der Waals surface area contributed by atoms with Crippen molar-refractivity contribution in [1.82, 2.24) is 9.96 Å². The second kappa shape index (κ2) is 5.29. The van der Waals surface area contributed by atoms with Crippen LogP contribution in [0.25, 0.3) is 0 Å². The van der Waals surface area contributed by atoms with Gasteiger partial charge in [0.2, 0.25) is 0 Å². The van der Waals surface area contributed by atoms with Crippen molar-refractivity contribution in [1.29, 1.82) is 0 Å². The van der Waals surface area contributed by atoms with E-state index in [0.29, 0.717) is 0 Å². The van der Waals surface area contributed by atoms with Crippen LogP contribution in [0.4, 0.5) is 0 Å². The molecule has 0 radical (unpaired) electrons. The lowest BCUT2D eigenvalue weighted by molar-refractivity contribution is 0.925. The zero-order valence-corrected chi connectivity index (χ0v) is 8.48. The first-order valence-corrected chi connectivity index (χ1v) is 6.84. The van der Waals surface area contributed by atoms with Gasteiger partial charge >= 0.3 is 0 Å². The molecule has 0 unspecified atom stereocenters. The minimum absolute atomic E-state index is 0.878. The van der Waals surface area contributed by atoms with E-state index in [-0.39, 0.29) is 0 Å². The van der Waals surface area contributed by atoms with E-state index in [1.807, 2.05) is 12.2 Å². The lowest BCUT2D eigenvalue weighted by atomic mass is 10.7. The molecular weight excluding hydrogens is 152 g/mol. The van der Waals surface area contributed by atoms with E-state index in [9.17, 15) is 0 Å². The van der Waals surface area contributed by atoms with Crippen LogP contribution in [0.5, 0.6) is 0 Å². The second-order valence-electron chi connectivity index (χ2n) is 2.96. The molecule has 64 valence electrons. The predicted octanol–water partition coefficient (Wildman–Crippen LogP) is 1.24. The molecule has 0 rings (SSSR count). The third-order valence-corrected chi connectivity index (χ3v) is 3.55. The molecule has 0 aliphatic heterocycles. The summed E-state index contributed by atoms with van der Waals surface area (Å²) in [5.41, 5.74) is 0. The lowest BCUT2D eigenvalue weighted by Gasteiger charge is -2.23. The first-order chi connectivity index (χ1) is 5.12. The van der Waals surface area contributed by atoms with Crippen LogP contribution in [0.2, 0.25) is 13.1 Å². The van der Waals surface area contributed by atoms with E-state index in [1.54, 1.807) is 0 Å². The molecule has 0 aromatic carbocycles. The minimum atomic E-state index is -1.39. The number of hydrogen-bond donors (Lipinski definition) is 2. The van der Waals surface area contributed by atoms with Gasteiger partial charge in [0.15, 0.2) is 8.40 Å². The van der Waals surface area contributed by atoms with Gasteiger partial charge in [-0.3, -0.25) is 0 Å². The molecule has 0 bridgehead atoms. The van der Waals surface area contributed by atoms with Crippen LogP contribution in [0.3, 0.4) is 0 Å². The van der Waals surface area contributed by atoms with Crippen molar-refractivity contribution in [3.05, 3.63) is 25.3 Å². The molecule has 2 nitrogen and oxygen atoms in total. The van der Waals surface area contributed by atoms with Gasteiger partial charge < -0.3 is 9.96 Å². The fourth-order valence-corrected chi connectivity index (χ4v) is 2.15. The van der Waals surface area contributed by atoms with E-state index in [0.717, 1.165) is 13.1 Å². The summed E-state index contributed by atoms with van der Waals surface area (Å²) in [7, 11) is -1.39. The summed E-state index contributed by atoms with van der Waals surface area (Å²) in [5, 5.41) is 0. The zero-order chi connectivity index (χ0) is 8.74. The van der Waals surface area contributed by atoms with E-state index in [1.165, 1.54) is 0 Å². The van der Waals surface area contributed by atoms with Gasteiger partial charge in [-0.15, -0.1) is 13.2 Å². The molecule has 0 aliphatic rings. The Morgan fingerprint density at radius 3 is 1.73 bits per heavy atom. The van der Waals surface area contributed by atoms with Crippen molar-refractivity contribution in [3.63, 3.8) is 0 Å². The molecular formula is C8H18N2Si. The van der Waals surface area contributed by atoms with Gasteiger partial charge in [-0.1, -0.05) is 12.2 Å². The van der Waals surface area contributed by atoms with E-state index in [2.05, 4.69) is 36.2 Å². The standard InChI is InChI=1S/C8H18N2Si/c1-5-7-9-11(3,4)10-8-6-2/h5-6,9-10H,1-2,7-8H2,3-4H3. The maximum atomic E-state index is 3.66. The fourth-order valence-electron chi connectivity index (χ4n) is 0.717. The average Bonchev–Trinajstić information content (AvgIpc) is 1.97. The highest BCUT2D eigenvalue weighted by atomic mass is 28.3. The Morgan fingerprint density at radius 2 is 1.45 bits per heavy atom. The molecule has 0 spiro atoms. The van der Waals surface area contributed by atoms with E-state index < -0.39 is 8.40 Å². The average molecular weight is 170 g/mol. The number of nitrogens with one attached hydrogen (secondary N) is 2. The van der Waals surface area contributed by atoms with Gasteiger partial charge in [0.25, 0.3) is 0 Å². The van der Waals surface area contributed by atoms with E-state index in [4.69, 9.17) is 0 Å². The third kappa shape index (κ3) is 6.03. The smallest absolute Gasteiger partial charge is 0.195 e. The molecule has 0 heterocycles. The Bertz CT molecular complexity index is 118. The number of rotatable bonds is 6. The third-order valence-electron chi connectivity index (χ3n) is 1.38. The Morgan fingerprint density at radius 1 is 1.09 bits per heavy atom. The van der Waals surface area contributed by atoms with Crippen molar-refractivity contribution in [3.8, 4) is 0 Å². The van der Waals surface area contributed by atoms with Crippen molar-refractivity contribution < 1.29 is 0 Å². The monoisotopic (exact) mass is 170 g/mol. The van der Waals surface area contributed by atoms with Crippen molar-refractivity contribution >= 4 is 8.40 Å². The molecule has 0 fully saturated rings. The Kier molecular flexibility index (Phi) is 5.11. The SMILES string of the molecule is C=CCN[Si](C)(C)NCC=C. The van der Waals surface area contributed by atoms with Gasteiger partial charge in [-0.05, 0) is 13.1 Å². The van der Waals surface area contributed by atoms with Gasteiger partial charge in [0, 0.05) is 13.1 Å². The molecule has 0 saturated carbocycles. The molecule has 0 aromatic heterocycles. The Hall–Kier alpha value is -0.383. The van der Waals surface area contributed by atoms with E-state index >= 15 is 0 Å². The molecule has 11 heavy (non-hydrogen) atoms. The topological polar surface area (TPSA) is 24.1 Å². The Balaban J connectivity index is 3.59. The maximum Gasteiger partial charge on any atom is 0.195 e. The normalized spacial score (nSPS) is 11.1. The highest BCUT2D eigenvalue weighted by Gasteiger charge is 2.17. The van der Waals surface area contributed by atoms with Crippen molar-refractivity contribution in [2.45, 2.75) is 13.1 Å². The van der Waals surface area contributed by atoms with Gasteiger partial charge in [0.05, 0.1) is 0 Å². The summed E-state index contributed by atoms with van der Waals surface area (Å²) in [6, 6.07) is 0. The quantitative estimate of drug-likeness (QED) is 0.463. The summed E-state index contributed by atoms with van der Waals surface area (Å²) in [4.78, 5) is 6.81. The van der Waals surface area contributed by atoms with Crippen molar-refractivity contribution in [2.75, 3.05) is 13.1 Å². The first kappa shape index (κ1) is 10.6. The molecule has 0 saturated heterocycles. The zero-order valence-electron chi connectivity index (χ0n) is 7.48. The summed E-state index contributed by atoms with van der Waals surface area (Å²) < 4.78 is 0.